The SMILES string of the molecule is COc1c(Br)cc(Br)cc1C(=O)NC(=S)Nc1sc2c(c1C#N)CCC(C(C)(C)C)C2. The fourth-order valence-electron chi connectivity index (χ4n) is 3.77. The van der Waals surface area contributed by atoms with Gasteiger partial charge in [-0.1, -0.05) is 36.7 Å². The van der Waals surface area contributed by atoms with Crippen LogP contribution in [-0.2, 0) is 12.8 Å². The number of ether oxygens (including phenoxy) is 1. The van der Waals surface area contributed by atoms with Gasteiger partial charge in [-0.25, -0.2) is 0 Å². The average molecular weight is 585 g/mol. The van der Waals surface area contributed by atoms with Crippen molar-refractivity contribution < 1.29 is 9.53 Å². The molecule has 164 valence electrons. The average Bonchev–Trinajstić information content (AvgIpc) is 3.02. The van der Waals surface area contributed by atoms with Crippen LogP contribution in [0.2, 0.25) is 0 Å². The second-order valence-electron chi connectivity index (χ2n) is 8.50. The fraction of sp³-hybridized carbons (Fsp3) is 0.409. The Labute approximate surface area is 208 Å². The zero-order valence-electron chi connectivity index (χ0n) is 17.7. The molecule has 1 unspecified atom stereocenters. The zero-order chi connectivity index (χ0) is 22.9. The van der Waals surface area contributed by atoms with Crippen molar-refractivity contribution in [1.82, 2.24) is 5.32 Å². The van der Waals surface area contributed by atoms with Gasteiger partial charge in [-0.15, -0.1) is 11.3 Å². The number of hydrogen-bond donors (Lipinski definition) is 2. The van der Waals surface area contributed by atoms with Crippen molar-refractivity contribution in [3.63, 3.8) is 0 Å². The molecule has 1 aromatic carbocycles. The number of halogens is 2. The third kappa shape index (κ3) is 5.30. The van der Waals surface area contributed by atoms with Gasteiger partial charge in [-0.3, -0.25) is 10.1 Å². The van der Waals surface area contributed by atoms with Crippen molar-refractivity contribution in [2.75, 3.05) is 12.4 Å². The molecule has 0 radical (unpaired) electrons. The molecule has 1 amide bonds. The third-order valence-corrected chi connectivity index (χ3v) is 7.93. The number of fused-ring (bicyclic) bond motifs is 1. The van der Waals surface area contributed by atoms with E-state index in [9.17, 15) is 10.1 Å². The van der Waals surface area contributed by atoms with E-state index in [-0.39, 0.29) is 10.5 Å². The highest BCUT2D eigenvalue weighted by molar-refractivity contribution is 9.11. The van der Waals surface area contributed by atoms with Crippen molar-refractivity contribution in [2.45, 2.75) is 40.0 Å². The maximum atomic E-state index is 12.8. The lowest BCUT2D eigenvalue weighted by atomic mass is 9.72. The van der Waals surface area contributed by atoms with Gasteiger partial charge in [-0.2, -0.15) is 5.26 Å². The van der Waals surface area contributed by atoms with Crippen molar-refractivity contribution in [3.8, 4) is 11.8 Å². The second kappa shape index (κ2) is 9.57. The minimum absolute atomic E-state index is 0.144. The molecule has 0 saturated heterocycles. The molecule has 31 heavy (non-hydrogen) atoms. The van der Waals surface area contributed by atoms with Crippen LogP contribution < -0.4 is 15.4 Å². The van der Waals surface area contributed by atoms with Crippen LogP contribution >= 0.6 is 55.4 Å². The van der Waals surface area contributed by atoms with Gasteiger partial charge in [0.25, 0.3) is 5.91 Å². The van der Waals surface area contributed by atoms with Gasteiger partial charge in [0.15, 0.2) is 5.11 Å². The molecule has 5 nitrogen and oxygen atoms in total. The van der Waals surface area contributed by atoms with Gasteiger partial charge in [0, 0.05) is 9.35 Å². The lowest BCUT2D eigenvalue weighted by Crippen LogP contribution is -2.34. The summed E-state index contributed by atoms with van der Waals surface area (Å²) in [7, 11) is 1.50. The number of thiophene rings is 1. The number of carbonyl (C=O) groups excluding carboxylic acids is 1. The van der Waals surface area contributed by atoms with Crippen LogP contribution in [0.5, 0.6) is 5.75 Å². The Balaban J connectivity index is 1.79. The summed E-state index contributed by atoms with van der Waals surface area (Å²) in [5.41, 5.74) is 2.31. The lowest BCUT2D eigenvalue weighted by molar-refractivity contribution is 0.0974. The van der Waals surface area contributed by atoms with E-state index in [1.807, 2.05) is 0 Å². The number of nitrogens with one attached hydrogen (secondary N) is 2. The summed E-state index contributed by atoms with van der Waals surface area (Å²) in [4.78, 5) is 14.0. The van der Waals surface area contributed by atoms with Crippen molar-refractivity contribution in [2.24, 2.45) is 11.3 Å². The molecule has 0 fully saturated rings. The number of nitriles is 1. The molecule has 0 spiro atoms. The summed E-state index contributed by atoms with van der Waals surface area (Å²) in [6, 6.07) is 5.79. The molecule has 1 aliphatic carbocycles. The highest BCUT2D eigenvalue weighted by Crippen LogP contribution is 2.44. The van der Waals surface area contributed by atoms with E-state index in [4.69, 9.17) is 17.0 Å². The topological polar surface area (TPSA) is 74.2 Å². The van der Waals surface area contributed by atoms with Gasteiger partial charge in [0.2, 0.25) is 0 Å². The number of amides is 1. The van der Waals surface area contributed by atoms with Crippen molar-refractivity contribution in [1.29, 1.82) is 5.26 Å². The van der Waals surface area contributed by atoms with E-state index in [2.05, 4.69) is 69.3 Å². The van der Waals surface area contributed by atoms with E-state index in [0.29, 0.717) is 32.3 Å². The lowest BCUT2D eigenvalue weighted by Gasteiger charge is -2.33. The number of thiocarbonyl (C=S) groups is 1. The van der Waals surface area contributed by atoms with Crippen LogP contribution in [-0.4, -0.2) is 18.1 Å². The number of carbonyl (C=O) groups is 1. The Hall–Kier alpha value is -1.47. The minimum Gasteiger partial charge on any atom is -0.495 e. The Morgan fingerprint density at radius 3 is 2.68 bits per heavy atom. The van der Waals surface area contributed by atoms with E-state index < -0.39 is 5.91 Å². The number of benzene rings is 1. The van der Waals surface area contributed by atoms with Gasteiger partial charge in [0.05, 0.1) is 22.7 Å². The van der Waals surface area contributed by atoms with Crippen LogP contribution in [0.15, 0.2) is 21.1 Å². The molecule has 0 saturated carbocycles. The zero-order valence-corrected chi connectivity index (χ0v) is 22.5. The van der Waals surface area contributed by atoms with Crippen LogP contribution in [0, 0.1) is 22.7 Å². The first-order chi connectivity index (χ1) is 14.5. The molecule has 2 aromatic rings. The number of hydrogen-bond acceptors (Lipinski definition) is 5. The third-order valence-electron chi connectivity index (χ3n) is 5.51. The van der Waals surface area contributed by atoms with Crippen LogP contribution in [0.4, 0.5) is 5.00 Å². The number of rotatable bonds is 3. The predicted molar refractivity (Wildman–Crippen MR) is 136 cm³/mol. The highest BCUT2D eigenvalue weighted by atomic mass is 79.9. The molecule has 1 aliphatic rings. The second-order valence-corrected chi connectivity index (χ2v) is 11.8. The summed E-state index contributed by atoms with van der Waals surface area (Å²) in [5.74, 6) is 0.595. The first-order valence-corrected chi connectivity index (χ1v) is 12.6. The van der Waals surface area contributed by atoms with E-state index >= 15 is 0 Å². The maximum Gasteiger partial charge on any atom is 0.261 e. The van der Waals surface area contributed by atoms with E-state index in [1.54, 1.807) is 23.5 Å². The Morgan fingerprint density at radius 2 is 2.06 bits per heavy atom. The van der Waals surface area contributed by atoms with Gasteiger partial charge >= 0.3 is 0 Å². The molecule has 9 heteroatoms. The molecule has 1 aromatic heterocycles. The Morgan fingerprint density at radius 1 is 1.35 bits per heavy atom. The van der Waals surface area contributed by atoms with Crippen LogP contribution in [0.25, 0.3) is 0 Å². The predicted octanol–water partition coefficient (Wildman–Crippen LogP) is 6.43. The summed E-state index contributed by atoms with van der Waals surface area (Å²) in [6.07, 6.45) is 2.92. The molecule has 0 aliphatic heterocycles. The highest BCUT2D eigenvalue weighted by Gasteiger charge is 2.32. The van der Waals surface area contributed by atoms with Crippen LogP contribution in [0.1, 0.15) is 53.6 Å². The summed E-state index contributed by atoms with van der Waals surface area (Å²) in [6.45, 7) is 6.79. The quantitative estimate of drug-likeness (QED) is 0.407. The standard InChI is InChI=1S/C22H23Br2N3O2S2/c1-22(2,3)11-5-6-13-15(10-25)20(31-17(13)7-11)27-21(30)26-19(28)14-8-12(23)9-16(24)18(14)29-4/h8-9,11H,5-7H2,1-4H3,(H2,26,27,28,30). The normalized spacial score (nSPS) is 15.6. The monoisotopic (exact) mass is 583 g/mol. The summed E-state index contributed by atoms with van der Waals surface area (Å²) >= 11 is 13.7. The van der Waals surface area contributed by atoms with Gasteiger partial charge in [0.1, 0.15) is 16.8 Å². The van der Waals surface area contributed by atoms with Crippen LogP contribution in [0.3, 0.4) is 0 Å². The van der Waals surface area contributed by atoms with Gasteiger partial charge in [-0.05, 0) is 76.4 Å². The Bertz CT molecular complexity index is 1080. The molecular formula is C22H23Br2N3O2S2. The summed E-state index contributed by atoms with van der Waals surface area (Å²) < 4.78 is 6.73. The number of anilines is 1. The Kier molecular flexibility index (Phi) is 7.47. The molecule has 0 bridgehead atoms. The van der Waals surface area contributed by atoms with E-state index in [0.717, 1.165) is 29.3 Å². The van der Waals surface area contributed by atoms with Crippen molar-refractivity contribution >= 4 is 71.4 Å². The molecule has 2 N–H and O–H groups in total. The fourth-order valence-corrected chi connectivity index (χ4v) is 6.70. The summed E-state index contributed by atoms with van der Waals surface area (Å²) in [5, 5.41) is 16.4. The first kappa shape index (κ1) is 24.2. The molecular weight excluding hydrogens is 562 g/mol. The smallest absolute Gasteiger partial charge is 0.261 e. The molecule has 1 atom stereocenters. The van der Waals surface area contributed by atoms with E-state index in [1.165, 1.54) is 12.0 Å². The van der Waals surface area contributed by atoms with Crippen molar-refractivity contribution in [3.05, 3.63) is 42.6 Å². The largest absolute Gasteiger partial charge is 0.495 e. The number of methoxy groups -OCH3 is 1. The molecule has 1 heterocycles. The molecule has 3 rings (SSSR count). The minimum atomic E-state index is -0.399. The van der Waals surface area contributed by atoms with Gasteiger partial charge < -0.3 is 10.1 Å². The maximum absolute atomic E-state index is 12.8. The number of nitrogens with zero attached hydrogens (tertiary/aromatic N) is 1. The first-order valence-electron chi connectivity index (χ1n) is 9.75.